The van der Waals surface area contributed by atoms with Gasteiger partial charge in [-0.1, -0.05) is 37.3 Å². The summed E-state index contributed by atoms with van der Waals surface area (Å²) in [6.45, 7) is 1.98. The quantitative estimate of drug-likeness (QED) is 0.636. The molecule has 3 aromatic rings. The Labute approximate surface area is 131 Å². The number of H-pyrrole nitrogens is 3. The summed E-state index contributed by atoms with van der Waals surface area (Å²) in [5.41, 5.74) is 1.68. The maximum atomic E-state index is 12.2. The fourth-order valence-corrected chi connectivity index (χ4v) is 2.29. The lowest BCUT2D eigenvalue weighted by atomic mass is 10.2. The molecule has 0 amide bonds. The number of benzene rings is 1. The van der Waals surface area contributed by atoms with E-state index in [0.29, 0.717) is 5.69 Å². The number of aromatic nitrogens is 4. The molecule has 2 heterocycles. The standard InChI is InChI=1S/C17H16N4O2/c1-2-12-13(19-10-18-12)9-15-17(23)20-14(16(22)21-15)8-11-6-4-3-5-7-11/h3-10H,2H2,1H3,(H,18,19)(H,20,23)(H,21,22). The second kappa shape index (κ2) is 6.31. The number of hydrogen-bond acceptors (Lipinski definition) is 3. The molecule has 116 valence electrons. The normalized spacial score (nSPS) is 12.7. The molecule has 0 bridgehead atoms. The molecule has 0 atom stereocenters. The van der Waals surface area contributed by atoms with Crippen molar-refractivity contribution in [3.05, 3.63) is 85.0 Å². The zero-order chi connectivity index (χ0) is 16.2. The number of nitrogens with one attached hydrogen (secondary N) is 3. The maximum Gasteiger partial charge on any atom is 0.272 e. The van der Waals surface area contributed by atoms with Gasteiger partial charge in [0.25, 0.3) is 11.1 Å². The molecule has 3 N–H and O–H groups in total. The summed E-state index contributed by atoms with van der Waals surface area (Å²) in [7, 11) is 0. The van der Waals surface area contributed by atoms with E-state index >= 15 is 0 Å². The van der Waals surface area contributed by atoms with Crippen molar-refractivity contribution in [1.29, 1.82) is 0 Å². The second-order valence-corrected chi connectivity index (χ2v) is 5.05. The summed E-state index contributed by atoms with van der Waals surface area (Å²) in [6.07, 6.45) is 5.53. The first-order chi connectivity index (χ1) is 11.2. The van der Waals surface area contributed by atoms with Crippen LogP contribution in [-0.4, -0.2) is 19.9 Å². The number of hydrogen-bond donors (Lipinski definition) is 3. The van der Waals surface area contributed by atoms with Gasteiger partial charge < -0.3 is 15.0 Å². The lowest BCUT2D eigenvalue weighted by Gasteiger charge is -1.94. The number of rotatable bonds is 3. The predicted molar refractivity (Wildman–Crippen MR) is 88.5 cm³/mol. The van der Waals surface area contributed by atoms with Crippen LogP contribution in [0.15, 0.2) is 46.2 Å². The Morgan fingerprint density at radius 2 is 1.65 bits per heavy atom. The van der Waals surface area contributed by atoms with Crippen LogP contribution < -0.4 is 21.8 Å². The van der Waals surface area contributed by atoms with Crippen molar-refractivity contribution in [1.82, 2.24) is 19.9 Å². The van der Waals surface area contributed by atoms with E-state index in [1.54, 1.807) is 18.5 Å². The Hall–Kier alpha value is -3.15. The highest BCUT2D eigenvalue weighted by atomic mass is 16.1. The van der Waals surface area contributed by atoms with E-state index < -0.39 is 0 Å². The van der Waals surface area contributed by atoms with Crippen molar-refractivity contribution in [2.75, 3.05) is 0 Å². The first-order valence-corrected chi connectivity index (χ1v) is 7.30. The third-order valence-electron chi connectivity index (χ3n) is 3.48. The third-order valence-corrected chi connectivity index (χ3v) is 3.48. The van der Waals surface area contributed by atoms with Gasteiger partial charge in [0.1, 0.15) is 10.7 Å². The van der Waals surface area contributed by atoms with Crippen LogP contribution in [0.4, 0.5) is 0 Å². The van der Waals surface area contributed by atoms with Crippen molar-refractivity contribution >= 4 is 12.2 Å². The van der Waals surface area contributed by atoms with Gasteiger partial charge in [-0.25, -0.2) is 4.98 Å². The summed E-state index contributed by atoms with van der Waals surface area (Å²) in [6, 6.07) is 9.33. The average molecular weight is 308 g/mol. The van der Waals surface area contributed by atoms with Gasteiger partial charge in [0.2, 0.25) is 0 Å². The number of aryl methyl sites for hydroxylation is 1. The van der Waals surface area contributed by atoms with Gasteiger partial charge in [-0.05, 0) is 24.1 Å². The van der Waals surface area contributed by atoms with Crippen LogP contribution >= 0.6 is 0 Å². The molecule has 0 aliphatic heterocycles. The zero-order valence-corrected chi connectivity index (χ0v) is 12.6. The lowest BCUT2D eigenvalue weighted by molar-refractivity contribution is 0.998. The lowest BCUT2D eigenvalue weighted by Crippen LogP contribution is -2.46. The average Bonchev–Trinajstić information content (AvgIpc) is 3.00. The van der Waals surface area contributed by atoms with Gasteiger partial charge in [-0.2, -0.15) is 0 Å². The maximum absolute atomic E-state index is 12.2. The molecule has 23 heavy (non-hydrogen) atoms. The Morgan fingerprint density at radius 1 is 1.00 bits per heavy atom. The smallest absolute Gasteiger partial charge is 0.272 e. The van der Waals surface area contributed by atoms with Gasteiger partial charge in [0.15, 0.2) is 0 Å². The van der Waals surface area contributed by atoms with E-state index in [4.69, 9.17) is 0 Å². The van der Waals surface area contributed by atoms with Crippen LogP contribution in [0.5, 0.6) is 0 Å². The molecule has 0 spiro atoms. The Balaban J connectivity index is 2.14. The SMILES string of the molecule is CCc1[nH]cnc1C=c1[nH]c(=O)c(=Cc2ccccc2)[nH]c1=O. The molecule has 6 nitrogen and oxygen atoms in total. The van der Waals surface area contributed by atoms with Crippen LogP contribution in [0.1, 0.15) is 23.9 Å². The second-order valence-electron chi connectivity index (χ2n) is 5.05. The molecular weight excluding hydrogens is 292 g/mol. The Kier molecular flexibility index (Phi) is 4.05. The molecule has 6 heteroatoms. The highest BCUT2D eigenvalue weighted by molar-refractivity contribution is 5.48. The number of imidazole rings is 1. The first-order valence-electron chi connectivity index (χ1n) is 7.30. The molecule has 2 aromatic heterocycles. The minimum absolute atomic E-state index is 0.182. The first kappa shape index (κ1) is 14.8. The van der Waals surface area contributed by atoms with Gasteiger partial charge in [-0.3, -0.25) is 9.59 Å². The fourth-order valence-electron chi connectivity index (χ4n) is 2.29. The molecule has 0 saturated carbocycles. The van der Waals surface area contributed by atoms with Crippen LogP contribution in [-0.2, 0) is 6.42 Å². The van der Waals surface area contributed by atoms with Gasteiger partial charge >= 0.3 is 0 Å². The fraction of sp³-hybridized carbons (Fsp3) is 0.118. The molecule has 0 aliphatic carbocycles. The minimum Gasteiger partial charge on any atom is -0.348 e. The molecule has 0 aliphatic rings. The number of aromatic amines is 3. The van der Waals surface area contributed by atoms with E-state index in [9.17, 15) is 9.59 Å². The van der Waals surface area contributed by atoms with E-state index in [1.165, 1.54) is 0 Å². The van der Waals surface area contributed by atoms with Gasteiger partial charge in [0, 0.05) is 5.69 Å². The van der Waals surface area contributed by atoms with E-state index in [2.05, 4.69) is 19.9 Å². The molecule has 0 fully saturated rings. The third kappa shape index (κ3) is 3.21. The summed E-state index contributed by atoms with van der Waals surface area (Å²) < 4.78 is 0. The van der Waals surface area contributed by atoms with Crippen molar-refractivity contribution in [2.24, 2.45) is 0 Å². The highest BCUT2D eigenvalue weighted by Gasteiger charge is 2.02. The minimum atomic E-state index is -0.364. The van der Waals surface area contributed by atoms with Crippen LogP contribution in [0.25, 0.3) is 12.2 Å². The van der Waals surface area contributed by atoms with Crippen molar-refractivity contribution in [3.8, 4) is 0 Å². The summed E-state index contributed by atoms with van der Waals surface area (Å²) in [5, 5.41) is 0.401. The monoisotopic (exact) mass is 308 g/mol. The van der Waals surface area contributed by atoms with Crippen LogP contribution in [0, 0.1) is 0 Å². The Bertz CT molecular complexity index is 1040. The van der Waals surface area contributed by atoms with Crippen LogP contribution in [0.2, 0.25) is 0 Å². The topological polar surface area (TPSA) is 94.4 Å². The summed E-state index contributed by atoms with van der Waals surface area (Å²) >= 11 is 0. The zero-order valence-electron chi connectivity index (χ0n) is 12.6. The highest BCUT2D eigenvalue weighted by Crippen LogP contribution is 2.02. The van der Waals surface area contributed by atoms with Crippen molar-refractivity contribution in [3.63, 3.8) is 0 Å². The Morgan fingerprint density at radius 3 is 2.30 bits per heavy atom. The predicted octanol–water partition coefficient (Wildman–Crippen LogP) is 0.00630. The van der Waals surface area contributed by atoms with Gasteiger partial charge in [0.05, 0.1) is 12.0 Å². The number of nitrogens with zero attached hydrogens (tertiary/aromatic N) is 1. The van der Waals surface area contributed by atoms with E-state index in [1.807, 2.05) is 37.3 Å². The largest absolute Gasteiger partial charge is 0.348 e. The van der Waals surface area contributed by atoms with E-state index in [0.717, 1.165) is 17.7 Å². The van der Waals surface area contributed by atoms with Gasteiger partial charge in [-0.15, -0.1) is 0 Å². The summed E-state index contributed by atoms with van der Waals surface area (Å²) in [4.78, 5) is 36.8. The van der Waals surface area contributed by atoms with Crippen LogP contribution in [0.3, 0.4) is 0 Å². The molecule has 1 aromatic carbocycles. The molecule has 3 rings (SSSR count). The molecule has 0 unspecified atom stereocenters. The van der Waals surface area contributed by atoms with E-state index in [-0.39, 0.29) is 21.8 Å². The van der Waals surface area contributed by atoms with Crippen molar-refractivity contribution in [2.45, 2.75) is 13.3 Å². The summed E-state index contributed by atoms with van der Waals surface area (Å²) in [5.74, 6) is 0. The van der Waals surface area contributed by atoms with Crippen molar-refractivity contribution < 1.29 is 0 Å². The molecule has 0 saturated heterocycles. The molecular formula is C17H16N4O2. The molecule has 0 radical (unpaired) electrons.